The normalized spacial score (nSPS) is 10.4. The number of hydrogen-bond donors (Lipinski definition) is 2. The largest absolute Gasteiger partial charge is 0.497 e. The lowest BCUT2D eigenvalue weighted by Crippen LogP contribution is -2.30. The highest BCUT2D eigenvalue weighted by molar-refractivity contribution is 5.92. The number of aromatic nitrogens is 1. The Morgan fingerprint density at radius 3 is 2.48 bits per heavy atom. The zero-order valence-corrected chi connectivity index (χ0v) is 14.7. The minimum Gasteiger partial charge on any atom is -0.497 e. The van der Waals surface area contributed by atoms with E-state index in [0.717, 1.165) is 22.7 Å². The van der Waals surface area contributed by atoms with E-state index in [4.69, 9.17) is 15.3 Å². The molecule has 0 aliphatic carbocycles. The number of carbonyl (C=O) groups excluding carboxylic acids is 2. The number of esters is 1. The maximum atomic E-state index is 12.2. The molecule has 0 aliphatic rings. The van der Waals surface area contributed by atoms with E-state index in [1.54, 1.807) is 20.1 Å². The number of hydrazine groups is 1. The third-order valence-corrected chi connectivity index (χ3v) is 3.97. The standard InChI is InChI=1S/C18H23N3O4/c1-4-25-18(23)15-11-16(13-5-7-14(24-3)8-6-13)21(12(15)2)10-9-17(22)20-19/h5-8,11H,4,9-10,19H2,1-3H3,(H,20,22). The topological polar surface area (TPSA) is 95.6 Å². The summed E-state index contributed by atoms with van der Waals surface area (Å²) in [6.45, 7) is 4.30. The highest BCUT2D eigenvalue weighted by Crippen LogP contribution is 2.28. The number of nitrogens with two attached hydrogens (primary N) is 1. The summed E-state index contributed by atoms with van der Waals surface area (Å²) in [6, 6.07) is 9.29. The second-order valence-electron chi connectivity index (χ2n) is 5.45. The number of rotatable bonds is 7. The van der Waals surface area contributed by atoms with Gasteiger partial charge in [0.1, 0.15) is 5.75 Å². The molecule has 0 unspecified atom stereocenters. The Labute approximate surface area is 146 Å². The molecule has 7 nitrogen and oxygen atoms in total. The summed E-state index contributed by atoms with van der Waals surface area (Å²) in [7, 11) is 1.60. The van der Waals surface area contributed by atoms with Crippen LogP contribution < -0.4 is 16.0 Å². The fourth-order valence-electron chi connectivity index (χ4n) is 2.64. The molecule has 1 amide bonds. The zero-order valence-electron chi connectivity index (χ0n) is 14.7. The van der Waals surface area contributed by atoms with E-state index in [9.17, 15) is 9.59 Å². The van der Waals surface area contributed by atoms with Crippen molar-refractivity contribution in [3.8, 4) is 17.0 Å². The molecular weight excluding hydrogens is 322 g/mol. The number of amides is 1. The first-order chi connectivity index (χ1) is 12.0. The van der Waals surface area contributed by atoms with Crippen LogP contribution in [-0.2, 0) is 16.1 Å². The molecule has 134 valence electrons. The second kappa shape index (κ2) is 8.34. The van der Waals surface area contributed by atoms with E-state index >= 15 is 0 Å². The fourth-order valence-corrected chi connectivity index (χ4v) is 2.64. The molecule has 0 spiro atoms. The van der Waals surface area contributed by atoms with Gasteiger partial charge in [-0.25, -0.2) is 10.6 Å². The van der Waals surface area contributed by atoms with Crippen LogP contribution in [0, 0.1) is 6.92 Å². The van der Waals surface area contributed by atoms with Gasteiger partial charge in [0.25, 0.3) is 0 Å². The summed E-state index contributed by atoms with van der Waals surface area (Å²) in [6.07, 6.45) is 0.206. The monoisotopic (exact) mass is 345 g/mol. The number of nitrogens with one attached hydrogen (secondary N) is 1. The van der Waals surface area contributed by atoms with Gasteiger partial charge in [-0.1, -0.05) is 0 Å². The van der Waals surface area contributed by atoms with E-state index in [2.05, 4.69) is 5.43 Å². The van der Waals surface area contributed by atoms with Gasteiger partial charge in [-0.2, -0.15) is 0 Å². The van der Waals surface area contributed by atoms with Crippen LogP contribution in [0.25, 0.3) is 11.3 Å². The van der Waals surface area contributed by atoms with Crippen molar-refractivity contribution in [2.75, 3.05) is 13.7 Å². The summed E-state index contributed by atoms with van der Waals surface area (Å²) in [5.74, 6) is 5.24. The SMILES string of the molecule is CCOC(=O)c1cc(-c2ccc(OC)cc2)n(CCC(=O)NN)c1C. The molecular formula is C18H23N3O4. The molecule has 0 atom stereocenters. The maximum absolute atomic E-state index is 12.2. The van der Waals surface area contributed by atoms with Crippen molar-refractivity contribution in [3.63, 3.8) is 0 Å². The van der Waals surface area contributed by atoms with E-state index in [-0.39, 0.29) is 18.3 Å². The van der Waals surface area contributed by atoms with E-state index in [1.807, 2.05) is 35.8 Å². The molecule has 3 N–H and O–H groups in total. The van der Waals surface area contributed by atoms with Crippen molar-refractivity contribution >= 4 is 11.9 Å². The van der Waals surface area contributed by atoms with Crippen molar-refractivity contribution in [1.29, 1.82) is 0 Å². The van der Waals surface area contributed by atoms with Crippen molar-refractivity contribution in [3.05, 3.63) is 41.6 Å². The average Bonchev–Trinajstić information content (AvgIpc) is 2.96. The number of methoxy groups -OCH3 is 1. The molecule has 2 aromatic rings. The first-order valence-corrected chi connectivity index (χ1v) is 8.02. The number of benzene rings is 1. The lowest BCUT2D eigenvalue weighted by molar-refractivity contribution is -0.121. The van der Waals surface area contributed by atoms with Crippen LogP contribution in [0.1, 0.15) is 29.4 Å². The van der Waals surface area contributed by atoms with E-state index < -0.39 is 0 Å². The smallest absolute Gasteiger partial charge is 0.339 e. The van der Waals surface area contributed by atoms with Crippen LogP contribution in [0.4, 0.5) is 0 Å². The number of nitrogens with zero attached hydrogens (tertiary/aromatic N) is 1. The van der Waals surface area contributed by atoms with Crippen LogP contribution in [0.2, 0.25) is 0 Å². The Kier molecular flexibility index (Phi) is 6.19. The maximum Gasteiger partial charge on any atom is 0.339 e. The Bertz CT molecular complexity index is 750. The van der Waals surface area contributed by atoms with Crippen LogP contribution in [-0.4, -0.2) is 30.2 Å². The minimum absolute atomic E-state index is 0.206. The third-order valence-electron chi connectivity index (χ3n) is 3.97. The highest BCUT2D eigenvalue weighted by atomic mass is 16.5. The minimum atomic E-state index is -0.378. The zero-order chi connectivity index (χ0) is 18.4. The summed E-state index contributed by atoms with van der Waals surface area (Å²) in [5, 5.41) is 0. The molecule has 0 fully saturated rings. The number of hydrogen-bond acceptors (Lipinski definition) is 5. The first-order valence-electron chi connectivity index (χ1n) is 8.02. The quantitative estimate of drug-likeness (QED) is 0.346. The molecule has 2 rings (SSSR count). The Morgan fingerprint density at radius 2 is 1.92 bits per heavy atom. The molecule has 0 saturated carbocycles. The lowest BCUT2D eigenvalue weighted by atomic mass is 10.1. The van der Waals surface area contributed by atoms with Crippen molar-refractivity contribution in [2.45, 2.75) is 26.8 Å². The molecule has 1 aromatic carbocycles. The average molecular weight is 345 g/mol. The van der Waals surface area contributed by atoms with Gasteiger partial charge in [0.05, 0.1) is 19.3 Å². The van der Waals surface area contributed by atoms with Crippen LogP contribution in [0.5, 0.6) is 5.75 Å². The number of ether oxygens (including phenoxy) is 2. The second-order valence-corrected chi connectivity index (χ2v) is 5.45. The Balaban J connectivity index is 2.45. The molecule has 0 aliphatic heterocycles. The van der Waals surface area contributed by atoms with Crippen LogP contribution >= 0.6 is 0 Å². The van der Waals surface area contributed by atoms with E-state index in [1.165, 1.54) is 0 Å². The molecule has 1 aromatic heterocycles. The van der Waals surface area contributed by atoms with Gasteiger partial charge in [0.15, 0.2) is 0 Å². The van der Waals surface area contributed by atoms with Crippen molar-refractivity contribution < 1.29 is 19.1 Å². The van der Waals surface area contributed by atoms with Gasteiger partial charge >= 0.3 is 5.97 Å². The third kappa shape index (κ3) is 4.19. The Morgan fingerprint density at radius 1 is 1.24 bits per heavy atom. The molecule has 0 saturated heterocycles. The molecule has 7 heteroatoms. The first kappa shape index (κ1) is 18.5. The summed E-state index contributed by atoms with van der Waals surface area (Å²) < 4.78 is 12.2. The fraction of sp³-hybridized carbons (Fsp3) is 0.333. The predicted molar refractivity (Wildman–Crippen MR) is 94.1 cm³/mol. The summed E-state index contributed by atoms with van der Waals surface area (Å²) in [4.78, 5) is 23.7. The summed E-state index contributed by atoms with van der Waals surface area (Å²) in [5.41, 5.74) is 5.09. The van der Waals surface area contributed by atoms with Gasteiger partial charge in [-0.05, 0) is 49.7 Å². The predicted octanol–water partition coefficient (Wildman–Crippen LogP) is 2.03. The summed E-state index contributed by atoms with van der Waals surface area (Å²) >= 11 is 0. The van der Waals surface area contributed by atoms with Crippen LogP contribution in [0.15, 0.2) is 30.3 Å². The lowest BCUT2D eigenvalue weighted by Gasteiger charge is -2.12. The van der Waals surface area contributed by atoms with E-state index in [0.29, 0.717) is 18.7 Å². The van der Waals surface area contributed by atoms with Crippen molar-refractivity contribution in [1.82, 2.24) is 9.99 Å². The van der Waals surface area contributed by atoms with Gasteiger partial charge in [-0.15, -0.1) is 0 Å². The van der Waals surface area contributed by atoms with Crippen molar-refractivity contribution in [2.24, 2.45) is 5.84 Å². The van der Waals surface area contributed by atoms with Gasteiger partial charge < -0.3 is 14.0 Å². The Hall–Kier alpha value is -2.80. The van der Waals surface area contributed by atoms with Crippen LogP contribution in [0.3, 0.4) is 0 Å². The molecule has 25 heavy (non-hydrogen) atoms. The van der Waals surface area contributed by atoms with Gasteiger partial charge in [0.2, 0.25) is 5.91 Å². The highest BCUT2D eigenvalue weighted by Gasteiger charge is 2.19. The molecule has 0 radical (unpaired) electrons. The van der Waals surface area contributed by atoms with Gasteiger partial charge in [0, 0.05) is 24.4 Å². The molecule has 1 heterocycles. The van der Waals surface area contributed by atoms with Gasteiger partial charge in [-0.3, -0.25) is 10.2 Å². The number of carbonyl (C=O) groups is 2. The molecule has 0 bridgehead atoms.